The average molecular weight is 401 g/mol. The molecule has 4 aromatic rings. The van der Waals surface area contributed by atoms with Gasteiger partial charge in [-0.1, -0.05) is 72.3 Å². The molecule has 0 unspecified atom stereocenters. The number of aliphatic imine (C=N–C) groups is 1. The number of aromatic nitrogens is 2. The highest BCUT2D eigenvalue weighted by atomic mass is 35.5. The van der Waals surface area contributed by atoms with Crippen LogP contribution in [0.15, 0.2) is 84.0 Å². The van der Waals surface area contributed by atoms with Gasteiger partial charge in [-0.05, 0) is 26.0 Å². The first-order valence-electron chi connectivity index (χ1n) is 9.52. The Labute approximate surface area is 175 Å². The zero-order valence-electron chi connectivity index (χ0n) is 16.3. The van der Waals surface area contributed by atoms with Gasteiger partial charge in [0.2, 0.25) is 0 Å². The fourth-order valence-electron chi connectivity index (χ4n) is 3.15. The Morgan fingerprint density at radius 2 is 1.55 bits per heavy atom. The molecule has 0 fully saturated rings. The maximum Gasteiger partial charge on any atom is 0.153 e. The van der Waals surface area contributed by atoms with Crippen LogP contribution in [-0.2, 0) is 0 Å². The molecule has 0 spiro atoms. The monoisotopic (exact) mass is 400 g/mol. The lowest BCUT2D eigenvalue weighted by Gasteiger charge is -2.13. The van der Waals surface area contributed by atoms with Gasteiger partial charge in [-0.3, -0.25) is 0 Å². The lowest BCUT2D eigenvalue weighted by atomic mass is 10.0. The minimum Gasteiger partial charge on any atom is -0.367 e. The Bertz CT molecular complexity index is 1110. The fourth-order valence-corrected chi connectivity index (χ4v) is 3.35. The molecule has 0 amide bonds. The molecule has 0 radical (unpaired) electrons. The van der Waals surface area contributed by atoms with Crippen LogP contribution in [0.3, 0.4) is 0 Å². The van der Waals surface area contributed by atoms with E-state index in [1.165, 1.54) is 0 Å². The first-order valence-corrected chi connectivity index (χ1v) is 9.90. The smallest absolute Gasteiger partial charge is 0.153 e. The van der Waals surface area contributed by atoms with E-state index in [1.54, 1.807) is 6.20 Å². The first kappa shape index (κ1) is 19.1. The van der Waals surface area contributed by atoms with Crippen LogP contribution in [0.2, 0.25) is 5.15 Å². The highest BCUT2D eigenvalue weighted by Gasteiger charge is 2.11. The third kappa shape index (κ3) is 4.44. The number of nitrogens with one attached hydrogen (secondary N) is 1. The molecule has 4 nitrogen and oxygen atoms in total. The van der Waals surface area contributed by atoms with Crippen molar-refractivity contribution in [2.45, 2.75) is 19.9 Å². The second-order valence-electron chi connectivity index (χ2n) is 7.05. The van der Waals surface area contributed by atoms with Crippen molar-refractivity contribution in [1.29, 1.82) is 0 Å². The van der Waals surface area contributed by atoms with Crippen LogP contribution < -0.4 is 5.32 Å². The minimum atomic E-state index is 0.230. The Morgan fingerprint density at radius 1 is 0.931 bits per heavy atom. The van der Waals surface area contributed by atoms with Crippen molar-refractivity contribution in [2.75, 3.05) is 5.32 Å². The van der Waals surface area contributed by atoms with Gasteiger partial charge in [0.1, 0.15) is 11.0 Å². The van der Waals surface area contributed by atoms with Gasteiger partial charge in [0.15, 0.2) is 5.82 Å². The molecule has 4 rings (SSSR count). The molecule has 0 bridgehead atoms. The lowest BCUT2D eigenvalue weighted by Crippen LogP contribution is -2.11. The van der Waals surface area contributed by atoms with E-state index < -0.39 is 0 Å². The van der Waals surface area contributed by atoms with Crippen LogP contribution in [0, 0.1) is 0 Å². The summed E-state index contributed by atoms with van der Waals surface area (Å²) < 4.78 is 0. The number of fused-ring (bicyclic) bond motifs is 1. The fraction of sp³-hybridized carbons (Fsp3) is 0.125. The number of anilines is 1. The summed E-state index contributed by atoms with van der Waals surface area (Å²) in [4.78, 5) is 13.9. The number of hydrogen-bond acceptors (Lipinski definition) is 4. The molecule has 0 saturated carbocycles. The van der Waals surface area contributed by atoms with Gasteiger partial charge in [0, 0.05) is 34.1 Å². The normalized spacial score (nSPS) is 10.9. The molecule has 0 aliphatic carbocycles. The van der Waals surface area contributed by atoms with E-state index in [4.69, 9.17) is 16.6 Å². The van der Waals surface area contributed by atoms with Crippen LogP contribution in [0.25, 0.3) is 10.8 Å². The summed E-state index contributed by atoms with van der Waals surface area (Å²) in [7, 11) is 0. The summed E-state index contributed by atoms with van der Waals surface area (Å²) in [6.45, 7) is 4.13. The number of nitrogens with zero attached hydrogens (tertiary/aromatic N) is 3. The largest absolute Gasteiger partial charge is 0.367 e. The van der Waals surface area contributed by atoms with Crippen molar-refractivity contribution < 1.29 is 0 Å². The molecule has 0 aliphatic rings. The van der Waals surface area contributed by atoms with Gasteiger partial charge in [0.25, 0.3) is 0 Å². The van der Waals surface area contributed by atoms with E-state index in [2.05, 4.69) is 53.4 Å². The number of rotatable bonds is 5. The molecule has 2 heterocycles. The number of halogens is 1. The van der Waals surface area contributed by atoms with E-state index in [-0.39, 0.29) is 6.04 Å². The van der Waals surface area contributed by atoms with Gasteiger partial charge in [-0.25, -0.2) is 15.0 Å². The number of benzene rings is 2. The lowest BCUT2D eigenvalue weighted by molar-refractivity contribution is 0.892. The third-order valence-corrected chi connectivity index (χ3v) is 4.61. The maximum atomic E-state index is 6.19. The zero-order valence-corrected chi connectivity index (χ0v) is 17.1. The number of hydrogen-bond donors (Lipinski definition) is 1. The first-order chi connectivity index (χ1) is 14.1. The minimum absolute atomic E-state index is 0.230. The van der Waals surface area contributed by atoms with Crippen molar-refractivity contribution in [3.05, 3.63) is 95.3 Å². The Hall–Kier alpha value is -3.24. The average Bonchev–Trinajstić information content (AvgIpc) is 2.73. The van der Waals surface area contributed by atoms with Crippen molar-refractivity contribution in [1.82, 2.24) is 9.97 Å². The van der Waals surface area contributed by atoms with E-state index in [1.807, 2.05) is 48.5 Å². The Kier molecular flexibility index (Phi) is 5.54. The van der Waals surface area contributed by atoms with Crippen molar-refractivity contribution in [3.63, 3.8) is 0 Å². The van der Waals surface area contributed by atoms with E-state index in [0.29, 0.717) is 11.0 Å². The SMILES string of the molecule is CC(C)Nc1nc(Cl)cc2cnc(N=C(c3ccccc3)c3ccccc3)cc12. The van der Waals surface area contributed by atoms with Gasteiger partial charge < -0.3 is 5.32 Å². The standard InChI is InChI=1S/C24H21ClN4/c1-16(2)27-24-20-14-22(26-15-19(20)13-21(25)28-24)29-23(17-9-5-3-6-10-17)18-11-7-4-8-12-18/h3-16H,1-2H3,(H,27,28). The van der Waals surface area contributed by atoms with Gasteiger partial charge in [-0.2, -0.15) is 0 Å². The second kappa shape index (κ2) is 8.41. The highest BCUT2D eigenvalue weighted by molar-refractivity contribution is 6.30. The van der Waals surface area contributed by atoms with Crippen molar-refractivity contribution >= 4 is 39.7 Å². The van der Waals surface area contributed by atoms with Crippen LogP contribution in [0.1, 0.15) is 25.0 Å². The molecule has 144 valence electrons. The van der Waals surface area contributed by atoms with Crippen LogP contribution in [0.4, 0.5) is 11.6 Å². The summed E-state index contributed by atoms with van der Waals surface area (Å²) in [6, 6.07) is 24.3. The molecule has 2 aromatic heterocycles. The van der Waals surface area contributed by atoms with Crippen molar-refractivity contribution in [2.24, 2.45) is 4.99 Å². The number of pyridine rings is 2. The van der Waals surface area contributed by atoms with Crippen LogP contribution in [0.5, 0.6) is 0 Å². The highest BCUT2D eigenvalue weighted by Crippen LogP contribution is 2.28. The van der Waals surface area contributed by atoms with Crippen molar-refractivity contribution in [3.8, 4) is 0 Å². The van der Waals surface area contributed by atoms with Crippen LogP contribution >= 0.6 is 11.6 Å². The molecule has 1 N–H and O–H groups in total. The van der Waals surface area contributed by atoms with Gasteiger partial charge in [-0.15, -0.1) is 0 Å². The van der Waals surface area contributed by atoms with E-state index >= 15 is 0 Å². The topological polar surface area (TPSA) is 50.2 Å². The second-order valence-corrected chi connectivity index (χ2v) is 7.44. The van der Waals surface area contributed by atoms with E-state index in [0.717, 1.165) is 33.4 Å². The summed E-state index contributed by atoms with van der Waals surface area (Å²) >= 11 is 6.19. The molecule has 0 saturated heterocycles. The Morgan fingerprint density at radius 3 is 2.14 bits per heavy atom. The quantitative estimate of drug-likeness (QED) is 0.317. The predicted octanol–water partition coefficient (Wildman–Crippen LogP) is 6.27. The van der Waals surface area contributed by atoms with Gasteiger partial charge in [0.05, 0.1) is 5.71 Å². The zero-order chi connectivity index (χ0) is 20.2. The molecule has 0 aliphatic heterocycles. The van der Waals surface area contributed by atoms with E-state index in [9.17, 15) is 0 Å². The summed E-state index contributed by atoms with van der Waals surface area (Å²) in [6.07, 6.45) is 1.79. The summed E-state index contributed by atoms with van der Waals surface area (Å²) in [5, 5.41) is 5.66. The molecular formula is C24H21ClN4. The molecule has 2 aromatic carbocycles. The van der Waals surface area contributed by atoms with Crippen LogP contribution in [-0.4, -0.2) is 21.7 Å². The predicted molar refractivity (Wildman–Crippen MR) is 121 cm³/mol. The maximum absolute atomic E-state index is 6.19. The summed E-state index contributed by atoms with van der Waals surface area (Å²) in [5.41, 5.74) is 2.95. The molecule has 0 atom stereocenters. The molecule has 5 heteroatoms. The summed E-state index contributed by atoms with van der Waals surface area (Å²) in [5.74, 6) is 1.36. The van der Waals surface area contributed by atoms with Gasteiger partial charge >= 0.3 is 0 Å². The molecule has 29 heavy (non-hydrogen) atoms. The Balaban J connectivity index is 1.87. The third-order valence-electron chi connectivity index (χ3n) is 4.41. The molecular weight excluding hydrogens is 380 g/mol.